The van der Waals surface area contributed by atoms with E-state index in [4.69, 9.17) is 5.11 Å². The summed E-state index contributed by atoms with van der Waals surface area (Å²) in [5, 5.41) is 19.8. The van der Waals surface area contributed by atoms with Gasteiger partial charge >= 0.3 is 5.97 Å². The van der Waals surface area contributed by atoms with E-state index in [-0.39, 0.29) is 5.69 Å². The van der Waals surface area contributed by atoms with Gasteiger partial charge in [0, 0.05) is 24.4 Å². The second-order valence-corrected chi connectivity index (χ2v) is 3.98. The zero-order valence-corrected chi connectivity index (χ0v) is 10.4. The van der Waals surface area contributed by atoms with Crippen LogP contribution in [0, 0.1) is 10.1 Å². The Morgan fingerprint density at radius 3 is 2.72 bits per heavy atom. The van der Waals surface area contributed by atoms with Gasteiger partial charge < -0.3 is 10.0 Å². The predicted octanol–water partition coefficient (Wildman–Crippen LogP) is 2.28. The number of carbonyl (C=O) groups is 1. The van der Waals surface area contributed by atoms with Crippen LogP contribution in [0.25, 0.3) is 0 Å². The Morgan fingerprint density at radius 2 is 2.22 bits per heavy atom. The Kier molecular flexibility index (Phi) is 4.65. The molecule has 0 heterocycles. The first-order chi connectivity index (χ1) is 8.47. The molecule has 1 aromatic rings. The van der Waals surface area contributed by atoms with Gasteiger partial charge in [0.15, 0.2) is 0 Å². The minimum atomic E-state index is -0.949. The fraction of sp³-hybridized carbons (Fsp3) is 0.417. The fourth-order valence-corrected chi connectivity index (χ4v) is 1.71. The minimum absolute atomic E-state index is 0.0359. The number of nitrogens with zero attached hydrogens (tertiary/aromatic N) is 2. The van der Waals surface area contributed by atoms with Crippen LogP contribution >= 0.6 is 0 Å². The van der Waals surface area contributed by atoms with Crippen LogP contribution in [0.5, 0.6) is 0 Å². The third-order valence-corrected chi connectivity index (χ3v) is 2.66. The molecule has 6 nitrogen and oxygen atoms in total. The van der Waals surface area contributed by atoms with Crippen LogP contribution in [0.15, 0.2) is 24.3 Å². The number of rotatable bonds is 6. The third-order valence-electron chi connectivity index (χ3n) is 2.66. The van der Waals surface area contributed by atoms with Gasteiger partial charge in [0.25, 0.3) is 5.69 Å². The van der Waals surface area contributed by atoms with Crippen molar-refractivity contribution < 1.29 is 14.8 Å². The van der Waals surface area contributed by atoms with Gasteiger partial charge in [-0.05, 0) is 19.4 Å². The Bertz CT molecular complexity index is 447. The number of aliphatic carboxylic acids is 1. The largest absolute Gasteiger partial charge is 0.480 e. The first kappa shape index (κ1) is 14.0. The summed E-state index contributed by atoms with van der Waals surface area (Å²) < 4.78 is 0. The van der Waals surface area contributed by atoms with E-state index in [0.29, 0.717) is 12.2 Å². The van der Waals surface area contributed by atoms with Gasteiger partial charge in [-0.25, -0.2) is 4.79 Å². The number of nitro groups is 1. The zero-order valence-electron chi connectivity index (χ0n) is 10.4. The summed E-state index contributed by atoms with van der Waals surface area (Å²) in [6, 6.07) is 5.31. The van der Waals surface area contributed by atoms with E-state index < -0.39 is 16.9 Å². The van der Waals surface area contributed by atoms with Crippen molar-refractivity contribution >= 4 is 17.3 Å². The van der Waals surface area contributed by atoms with Crippen molar-refractivity contribution in [1.82, 2.24) is 0 Å². The van der Waals surface area contributed by atoms with Crippen LogP contribution in [0.2, 0.25) is 0 Å². The number of carboxylic acids is 1. The summed E-state index contributed by atoms with van der Waals surface area (Å²) in [4.78, 5) is 22.9. The maximum Gasteiger partial charge on any atom is 0.326 e. The first-order valence-electron chi connectivity index (χ1n) is 5.71. The molecule has 0 aliphatic heterocycles. The van der Waals surface area contributed by atoms with Gasteiger partial charge in [0.1, 0.15) is 6.04 Å². The summed E-state index contributed by atoms with van der Waals surface area (Å²) in [6.45, 7) is 4.03. The molecule has 1 atom stereocenters. The maximum atomic E-state index is 11.0. The molecule has 0 aliphatic carbocycles. The number of non-ortho nitro benzene ring substituents is 1. The lowest BCUT2D eigenvalue weighted by Gasteiger charge is -2.28. The van der Waals surface area contributed by atoms with Crippen molar-refractivity contribution in [3.63, 3.8) is 0 Å². The Morgan fingerprint density at radius 1 is 1.56 bits per heavy atom. The van der Waals surface area contributed by atoms with Crippen molar-refractivity contribution in [2.75, 3.05) is 11.4 Å². The molecule has 0 aliphatic rings. The van der Waals surface area contributed by atoms with Gasteiger partial charge in [0.2, 0.25) is 0 Å². The second kappa shape index (κ2) is 6.00. The minimum Gasteiger partial charge on any atom is -0.480 e. The molecule has 0 fully saturated rings. The van der Waals surface area contributed by atoms with E-state index >= 15 is 0 Å². The molecular weight excluding hydrogens is 236 g/mol. The summed E-state index contributed by atoms with van der Waals surface area (Å²) >= 11 is 0. The molecule has 1 rings (SSSR count). The topological polar surface area (TPSA) is 83.7 Å². The monoisotopic (exact) mass is 252 g/mol. The molecule has 0 unspecified atom stereocenters. The molecule has 0 aromatic heterocycles. The highest BCUT2D eigenvalue weighted by atomic mass is 16.6. The Labute approximate surface area is 105 Å². The van der Waals surface area contributed by atoms with Crippen LogP contribution in [-0.4, -0.2) is 28.6 Å². The molecule has 0 saturated carbocycles. The molecule has 18 heavy (non-hydrogen) atoms. The van der Waals surface area contributed by atoms with Crippen LogP contribution in [-0.2, 0) is 4.79 Å². The zero-order chi connectivity index (χ0) is 13.7. The molecule has 0 amide bonds. The quantitative estimate of drug-likeness (QED) is 0.620. The molecule has 1 aromatic carbocycles. The summed E-state index contributed by atoms with van der Waals surface area (Å²) in [6.07, 6.45) is 0.764. The smallest absolute Gasteiger partial charge is 0.326 e. The normalized spacial score (nSPS) is 11.9. The van der Waals surface area contributed by atoms with Crippen molar-refractivity contribution in [2.24, 2.45) is 0 Å². The van der Waals surface area contributed by atoms with Gasteiger partial charge in [-0.2, -0.15) is 0 Å². The number of nitro benzene ring substituents is 1. The van der Waals surface area contributed by atoms with Crippen molar-refractivity contribution in [3.8, 4) is 0 Å². The number of benzene rings is 1. The van der Waals surface area contributed by atoms with E-state index in [9.17, 15) is 14.9 Å². The Balaban J connectivity index is 3.09. The van der Waals surface area contributed by atoms with Gasteiger partial charge in [-0.1, -0.05) is 13.0 Å². The number of hydrogen-bond donors (Lipinski definition) is 1. The molecule has 1 N–H and O–H groups in total. The van der Waals surface area contributed by atoms with Crippen molar-refractivity contribution in [3.05, 3.63) is 34.4 Å². The average molecular weight is 252 g/mol. The summed E-state index contributed by atoms with van der Waals surface area (Å²) in [7, 11) is 0. The number of carboxylic acid groups (broad SMARTS) is 1. The van der Waals surface area contributed by atoms with Crippen LogP contribution in [0.3, 0.4) is 0 Å². The molecule has 0 spiro atoms. The fourth-order valence-electron chi connectivity index (χ4n) is 1.71. The van der Waals surface area contributed by atoms with Gasteiger partial charge in [0.05, 0.1) is 4.92 Å². The van der Waals surface area contributed by atoms with E-state index in [2.05, 4.69) is 0 Å². The lowest BCUT2D eigenvalue weighted by Crippen LogP contribution is -2.39. The highest BCUT2D eigenvalue weighted by molar-refractivity contribution is 5.78. The standard InChI is InChI=1S/C12H16N2O4/c1-3-7-13(9(2)12(15)16)10-5-4-6-11(8-10)14(17)18/h4-6,8-9H,3,7H2,1-2H3,(H,15,16)/t9-/m1/s1. The predicted molar refractivity (Wildman–Crippen MR) is 67.8 cm³/mol. The van der Waals surface area contributed by atoms with E-state index in [0.717, 1.165) is 6.42 Å². The van der Waals surface area contributed by atoms with E-state index in [1.165, 1.54) is 12.1 Å². The second-order valence-electron chi connectivity index (χ2n) is 3.98. The van der Waals surface area contributed by atoms with Crippen molar-refractivity contribution in [1.29, 1.82) is 0 Å². The third kappa shape index (κ3) is 3.19. The van der Waals surface area contributed by atoms with Crippen LogP contribution < -0.4 is 4.90 Å². The van der Waals surface area contributed by atoms with E-state index in [1.54, 1.807) is 24.0 Å². The Hall–Kier alpha value is -2.11. The average Bonchev–Trinajstić information content (AvgIpc) is 2.35. The molecule has 0 radical (unpaired) electrons. The molecule has 0 bridgehead atoms. The molecule has 6 heteroatoms. The van der Waals surface area contributed by atoms with Crippen molar-refractivity contribution in [2.45, 2.75) is 26.3 Å². The number of anilines is 1. The lowest BCUT2D eigenvalue weighted by molar-refractivity contribution is -0.384. The lowest BCUT2D eigenvalue weighted by atomic mass is 10.2. The molecular formula is C12H16N2O4. The molecule has 98 valence electrons. The highest BCUT2D eigenvalue weighted by Crippen LogP contribution is 2.23. The summed E-state index contributed by atoms with van der Waals surface area (Å²) in [5.41, 5.74) is 0.521. The van der Waals surface area contributed by atoms with Crippen LogP contribution in [0.1, 0.15) is 20.3 Å². The molecule has 0 saturated heterocycles. The van der Waals surface area contributed by atoms with Gasteiger partial charge in [-0.3, -0.25) is 10.1 Å². The maximum absolute atomic E-state index is 11.0. The van der Waals surface area contributed by atoms with E-state index in [1.807, 2.05) is 6.92 Å². The first-order valence-corrected chi connectivity index (χ1v) is 5.71. The highest BCUT2D eigenvalue weighted by Gasteiger charge is 2.21. The number of hydrogen-bond acceptors (Lipinski definition) is 4. The summed E-state index contributed by atoms with van der Waals surface area (Å²) in [5.74, 6) is -0.949. The van der Waals surface area contributed by atoms with Crippen LogP contribution in [0.4, 0.5) is 11.4 Å². The SMILES string of the molecule is CCCN(c1cccc([N+](=O)[O-])c1)[C@H](C)C(=O)O. The van der Waals surface area contributed by atoms with Gasteiger partial charge in [-0.15, -0.1) is 0 Å².